The van der Waals surface area contributed by atoms with Crippen molar-refractivity contribution in [1.82, 2.24) is 5.32 Å². The van der Waals surface area contributed by atoms with E-state index in [0.29, 0.717) is 0 Å². The van der Waals surface area contributed by atoms with Crippen molar-refractivity contribution in [3.8, 4) is 0 Å². The molecule has 1 fully saturated rings. The van der Waals surface area contributed by atoms with E-state index in [1.807, 2.05) is 6.07 Å². The maximum Gasteiger partial charge on any atom is 0.0408 e. The molecule has 0 amide bonds. The second-order valence-electron chi connectivity index (χ2n) is 4.07. The molecule has 1 aliphatic carbocycles. The van der Waals surface area contributed by atoms with E-state index in [-0.39, 0.29) is 0 Å². The summed E-state index contributed by atoms with van der Waals surface area (Å²) in [6, 6.07) is 6.35. The van der Waals surface area contributed by atoms with E-state index in [0.717, 1.165) is 23.4 Å². The van der Waals surface area contributed by atoms with Gasteiger partial charge in [-0.2, -0.15) is 0 Å². The number of rotatable bonds is 0. The van der Waals surface area contributed by atoms with Gasteiger partial charge in [-0.25, -0.2) is 0 Å². The first kappa shape index (κ1) is 7.84. The molecule has 1 aliphatic heterocycles. The fourth-order valence-electron chi connectivity index (χ4n) is 2.71. The largest absolute Gasteiger partial charge is 0.316 e. The summed E-state index contributed by atoms with van der Waals surface area (Å²) < 4.78 is 0. The van der Waals surface area contributed by atoms with E-state index in [9.17, 15) is 0 Å². The average molecular weight is 194 g/mol. The number of nitrogens with one attached hydrogen (secondary N) is 1. The topological polar surface area (TPSA) is 12.0 Å². The van der Waals surface area contributed by atoms with Crippen LogP contribution < -0.4 is 5.32 Å². The highest BCUT2D eigenvalue weighted by molar-refractivity contribution is 6.30. The highest BCUT2D eigenvalue weighted by Crippen LogP contribution is 2.40. The molecule has 0 bridgehead atoms. The number of benzene rings is 1. The minimum Gasteiger partial charge on any atom is -0.316 e. The molecule has 1 saturated heterocycles. The van der Waals surface area contributed by atoms with Crippen molar-refractivity contribution in [2.75, 3.05) is 13.1 Å². The molecule has 1 N–H and O–H groups in total. The lowest BCUT2D eigenvalue weighted by Crippen LogP contribution is -2.10. The molecule has 0 unspecified atom stereocenters. The number of halogens is 1. The van der Waals surface area contributed by atoms with Crippen LogP contribution in [0.4, 0.5) is 0 Å². The lowest BCUT2D eigenvalue weighted by atomic mass is 9.97. The van der Waals surface area contributed by atoms with Crippen LogP contribution in [0.15, 0.2) is 18.2 Å². The number of fused-ring (bicyclic) bond motifs is 3. The Morgan fingerprint density at radius 2 is 2.23 bits per heavy atom. The third-order valence-corrected chi connectivity index (χ3v) is 3.56. The molecule has 1 nitrogen and oxygen atoms in total. The first-order valence-electron chi connectivity index (χ1n) is 4.83. The van der Waals surface area contributed by atoms with E-state index in [1.165, 1.54) is 24.1 Å². The molecule has 2 aliphatic rings. The van der Waals surface area contributed by atoms with Gasteiger partial charge in [0.15, 0.2) is 0 Å². The molecule has 3 rings (SSSR count). The maximum atomic E-state index is 5.96. The lowest BCUT2D eigenvalue weighted by Gasteiger charge is -2.07. The Kier molecular flexibility index (Phi) is 1.64. The molecule has 13 heavy (non-hydrogen) atoms. The van der Waals surface area contributed by atoms with Crippen LogP contribution in [0.25, 0.3) is 0 Å². The van der Waals surface area contributed by atoms with Crippen molar-refractivity contribution < 1.29 is 0 Å². The first-order chi connectivity index (χ1) is 6.34. The minimum absolute atomic E-state index is 0.757. The van der Waals surface area contributed by atoms with Gasteiger partial charge < -0.3 is 5.32 Å². The van der Waals surface area contributed by atoms with E-state index in [1.54, 1.807) is 0 Å². The molecule has 2 atom stereocenters. The summed E-state index contributed by atoms with van der Waals surface area (Å²) in [6.45, 7) is 2.33. The van der Waals surface area contributed by atoms with Gasteiger partial charge in [-0.05, 0) is 42.1 Å². The zero-order valence-corrected chi connectivity index (χ0v) is 8.14. The molecule has 0 saturated carbocycles. The van der Waals surface area contributed by atoms with E-state index in [2.05, 4.69) is 17.4 Å². The molecular formula is C11H12ClN. The Hall–Kier alpha value is -0.530. The van der Waals surface area contributed by atoms with Gasteiger partial charge in [-0.15, -0.1) is 0 Å². The first-order valence-corrected chi connectivity index (χ1v) is 5.21. The summed E-state index contributed by atoms with van der Waals surface area (Å²) in [5.74, 6) is 1.58. The van der Waals surface area contributed by atoms with E-state index >= 15 is 0 Å². The highest BCUT2D eigenvalue weighted by Gasteiger charge is 2.35. The Morgan fingerprint density at radius 1 is 1.31 bits per heavy atom. The van der Waals surface area contributed by atoms with Crippen molar-refractivity contribution in [2.24, 2.45) is 5.92 Å². The summed E-state index contributed by atoms with van der Waals surface area (Å²) in [4.78, 5) is 0. The molecular weight excluding hydrogens is 182 g/mol. The minimum atomic E-state index is 0.757. The van der Waals surface area contributed by atoms with E-state index in [4.69, 9.17) is 11.6 Å². The fourth-order valence-corrected chi connectivity index (χ4v) is 2.90. The van der Waals surface area contributed by atoms with Crippen LogP contribution in [0.2, 0.25) is 5.02 Å². The Bertz CT molecular complexity index is 348. The lowest BCUT2D eigenvalue weighted by molar-refractivity contribution is 0.564. The van der Waals surface area contributed by atoms with Crippen molar-refractivity contribution in [3.05, 3.63) is 34.3 Å². The smallest absolute Gasteiger partial charge is 0.0408 e. The van der Waals surface area contributed by atoms with Crippen LogP contribution in [-0.2, 0) is 6.42 Å². The van der Waals surface area contributed by atoms with Gasteiger partial charge in [0.1, 0.15) is 0 Å². The molecule has 0 spiro atoms. The average Bonchev–Trinajstić information content (AvgIpc) is 2.62. The highest BCUT2D eigenvalue weighted by atomic mass is 35.5. The maximum absolute atomic E-state index is 5.96. The van der Waals surface area contributed by atoms with Gasteiger partial charge in [-0.1, -0.05) is 17.7 Å². The monoisotopic (exact) mass is 193 g/mol. The summed E-state index contributed by atoms with van der Waals surface area (Å²) in [7, 11) is 0. The van der Waals surface area contributed by atoms with Crippen molar-refractivity contribution in [3.63, 3.8) is 0 Å². The second-order valence-corrected chi connectivity index (χ2v) is 4.51. The summed E-state index contributed by atoms with van der Waals surface area (Å²) in [5, 5.41) is 4.33. The molecule has 1 heterocycles. The quantitative estimate of drug-likeness (QED) is 0.666. The van der Waals surface area contributed by atoms with Crippen molar-refractivity contribution in [1.29, 1.82) is 0 Å². The van der Waals surface area contributed by atoms with Crippen LogP contribution >= 0.6 is 11.6 Å². The van der Waals surface area contributed by atoms with Gasteiger partial charge in [0.2, 0.25) is 0 Å². The number of hydrogen-bond acceptors (Lipinski definition) is 1. The zero-order valence-electron chi connectivity index (χ0n) is 7.39. The van der Waals surface area contributed by atoms with Crippen molar-refractivity contribution >= 4 is 11.6 Å². The molecule has 0 radical (unpaired) electrons. The van der Waals surface area contributed by atoms with Gasteiger partial charge in [0, 0.05) is 17.5 Å². The second kappa shape index (κ2) is 2.73. The van der Waals surface area contributed by atoms with Gasteiger partial charge in [0.25, 0.3) is 0 Å². The summed E-state index contributed by atoms with van der Waals surface area (Å²) >= 11 is 5.96. The Morgan fingerprint density at radius 3 is 3.15 bits per heavy atom. The standard InChI is InChI=1S/C11H12ClN/c12-9-1-2-10-7(4-9)3-8-5-13-6-11(8)10/h1-2,4,8,11,13H,3,5-6H2/t8-,11+/m0/s1. The van der Waals surface area contributed by atoms with Gasteiger partial charge >= 0.3 is 0 Å². The Balaban J connectivity index is 2.08. The molecule has 1 aromatic carbocycles. The zero-order chi connectivity index (χ0) is 8.84. The van der Waals surface area contributed by atoms with Crippen LogP contribution in [0, 0.1) is 5.92 Å². The summed E-state index contributed by atoms with van der Waals surface area (Å²) in [5.41, 5.74) is 3.00. The Labute approximate surface area is 83.1 Å². The summed E-state index contributed by atoms with van der Waals surface area (Å²) in [6.07, 6.45) is 1.22. The molecule has 68 valence electrons. The van der Waals surface area contributed by atoms with Crippen LogP contribution in [0.3, 0.4) is 0 Å². The van der Waals surface area contributed by atoms with Crippen LogP contribution in [0.5, 0.6) is 0 Å². The van der Waals surface area contributed by atoms with Gasteiger partial charge in [0.05, 0.1) is 0 Å². The third-order valence-electron chi connectivity index (χ3n) is 3.33. The molecule has 0 aromatic heterocycles. The third kappa shape index (κ3) is 1.11. The predicted molar refractivity (Wildman–Crippen MR) is 54.3 cm³/mol. The SMILES string of the molecule is Clc1ccc2c(c1)C[C@H]1CNC[C@@H]21. The molecule has 2 heteroatoms. The van der Waals surface area contributed by atoms with Crippen LogP contribution in [0.1, 0.15) is 17.0 Å². The van der Waals surface area contributed by atoms with E-state index < -0.39 is 0 Å². The predicted octanol–water partition coefficient (Wildman–Crippen LogP) is 2.20. The van der Waals surface area contributed by atoms with Crippen molar-refractivity contribution in [2.45, 2.75) is 12.3 Å². The van der Waals surface area contributed by atoms with Gasteiger partial charge in [-0.3, -0.25) is 0 Å². The van der Waals surface area contributed by atoms with Crippen LogP contribution in [-0.4, -0.2) is 13.1 Å². The molecule has 1 aromatic rings. The fraction of sp³-hybridized carbons (Fsp3) is 0.455. The number of hydrogen-bond donors (Lipinski definition) is 1. The normalized spacial score (nSPS) is 30.2.